The Morgan fingerprint density at radius 3 is 2.69 bits per heavy atom. The standard InChI is InChI=1S/C11H13NO4/c1-3-12-11(15)9-6-8(14)4-5-10(9)16-7(2)13/h4-6,14H,3H2,1-2H3,(H,12,15). The second kappa shape index (κ2) is 5.16. The molecule has 5 nitrogen and oxygen atoms in total. The summed E-state index contributed by atoms with van der Waals surface area (Å²) in [6.07, 6.45) is 0. The zero-order valence-electron chi connectivity index (χ0n) is 9.11. The first-order valence-corrected chi connectivity index (χ1v) is 4.84. The molecule has 0 aliphatic rings. The summed E-state index contributed by atoms with van der Waals surface area (Å²) in [5.74, 6) is -0.834. The van der Waals surface area contributed by atoms with Gasteiger partial charge in [-0.25, -0.2) is 0 Å². The van der Waals surface area contributed by atoms with Crippen molar-refractivity contribution in [3.05, 3.63) is 23.8 Å². The maximum absolute atomic E-state index is 11.6. The van der Waals surface area contributed by atoms with E-state index >= 15 is 0 Å². The summed E-state index contributed by atoms with van der Waals surface area (Å²) in [6.45, 7) is 3.47. The van der Waals surface area contributed by atoms with E-state index in [1.807, 2.05) is 0 Å². The number of esters is 1. The van der Waals surface area contributed by atoms with E-state index in [-0.39, 0.29) is 17.1 Å². The fourth-order valence-corrected chi connectivity index (χ4v) is 1.20. The Morgan fingerprint density at radius 1 is 1.44 bits per heavy atom. The summed E-state index contributed by atoms with van der Waals surface area (Å²) in [4.78, 5) is 22.4. The maximum atomic E-state index is 11.6. The van der Waals surface area contributed by atoms with E-state index in [4.69, 9.17) is 4.74 Å². The molecule has 2 N–H and O–H groups in total. The first kappa shape index (κ1) is 12.0. The van der Waals surface area contributed by atoms with Crippen LogP contribution in [0.5, 0.6) is 11.5 Å². The van der Waals surface area contributed by atoms with Crippen LogP contribution >= 0.6 is 0 Å². The lowest BCUT2D eigenvalue weighted by atomic mass is 10.1. The van der Waals surface area contributed by atoms with Gasteiger partial charge in [0, 0.05) is 13.5 Å². The number of carbonyl (C=O) groups excluding carboxylic acids is 2. The summed E-state index contributed by atoms with van der Waals surface area (Å²) < 4.78 is 4.86. The quantitative estimate of drug-likeness (QED) is 0.593. The van der Waals surface area contributed by atoms with Crippen LogP contribution in [0.15, 0.2) is 18.2 Å². The van der Waals surface area contributed by atoms with E-state index in [0.717, 1.165) is 0 Å². The molecule has 0 saturated carbocycles. The van der Waals surface area contributed by atoms with E-state index in [1.54, 1.807) is 6.92 Å². The predicted molar refractivity (Wildman–Crippen MR) is 57.4 cm³/mol. The normalized spacial score (nSPS) is 9.62. The van der Waals surface area contributed by atoms with Crippen LogP contribution in [0.4, 0.5) is 0 Å². The SMILES string of the molecule is CCNC(=O)c1cc(O)ccc1OC(C)=O. The molecule has 0 radical (unpaired) electrons. The van der Waals surface area contributed by atoms with Gasteiger partial charge in [0.15, 0.2) is 0 Å². The minimum atomic E-state index is -0.517. The lowest BCUT2D eigenvalue weighted by Crippen LogP contribution is -2.23. The molecule has 16 heavy (non-hydrogen) atoms. The summed E-state index contributed by atoms with van der Waals surface area (Å²) in [5.41, 5.74) is 0.136. The molecule has 0 unspecified atom stereocenters. The summed E-state index contributed by atoms with van der Waals surface area (Å²) in [7, 11) is 0. The average molecular weight is 223 g/mol. The number of hydrogen-bond donors (Lipinski definition) is 2. The second-order valence-corrected chi connectivity index (χ2v) is 3.13. The van der Waals surface area contributed by atoms with Gasteiger partial charge < -0.3 is 15.2 Å². The highest BCUT2D eigenvalue weighted by Crippen LogP contribution is 2.23. The van der Waals surface area contributed by atoms with Crippen molar-refractivity contribution in [1.82, 2.24) is 5.32 Å². The molecular formula is C11H13NO4. The summed E-state index contributed by atoms with van der Waals surface area (Å²) in [5, 5.41) is 11.8. The fourth-order valence-electron chi connectivity index (χ4n) is 1.20. The maximum Gasteiger partial charge on any atom is 0.308 e. The third-order valence-corrected chi connectivity index (χ3v) is 1.80. The number of aromatic hydroxyl groups is 1. The number of ether oxygens (including phenoxy) is 1. The smallest absolute Gasteiger partial charge is 0.308 e. The number of rotatable bonds is 3. The highest BCUT2D eigenvalue weighted by Gasteiger charge is 2.14. The Balaban J connectivity index is 3.07. The van der Waals surface area contributed by atoms with Crippen LogP contribution in [0.25, 0.3) is 0 Å². The molecule has 0 aliphatic carbocycles. The lowest BCUT2D eigenvalue weighted by Gasteiger charge is -2.08. The molecule has 1 aromatic rings. The third-order valence-electron chi connectivity index (χ3n) is 1.80. The topological polar surface area (TPSA) is 75.6 Å². The highest BCUT2D eigenvalue weighted by atomic mass is 16.5. The Labute approximate surface area is 93.0 Å². The molecule has 0 aromatic heterocycles. The van der Waals surface area contributed by atoms with Crippen LogP contribution in [0, 0.1) is 0 Å². The highest BCUT2D eigenvalue weighted by molar-refractivity contribution is 5.98. The Hall–Kier alpha value is -2.04. The number of phenolic OH excluding ortho intramolecular Hbond substituents is 1. The molecule has 1 aromatic carbocycles. The summed E-state index contributed by atoms with van der Waals surface area (Å²) >= 11 is 0. The van der Waals surface area contributed by atoms with Gasteiger partial charge in [0.25, 0.3) is 5.91 Å². The molecule has 0 fully saturated rings. The van der Waals surface area contributed by atoms with Crippen LogP contribution in [-0.2, 0) is 4.79 Å². The van der Waals surface area contributed by atoms with Gasteiger partial charge >= 0.3 is 5.97 Å². The first-order chi connectivity index (χ1) is 7.54. The number of nitrogens with one attached hydrogen (secondary N) is 1. The average Bonchev–Trinajstić information content (AvgIpc) is 2.20. The molecule has 0 bridgehead atoms. The van der Waals surface area contributed by atoms with Gasteiger partial charge in [-0.1, -0.05) is 0 Å². The number of carbonyl (C=O) groups is 2. The molecule has 0 aliphatic heterocycles. The lowest BCUT2D eigenvalue weighted by molar-refractivity contribution is -0.131. The van der Waals surface area contributed by atoms with E-state index in [1.165, 1.54) is 25.1 Å². The van der Waals surface area contributed by atoms with Crippen molar-refractivity contribution in [3.8, 4) is 11.5 Å². The molecule has 1 amide bonds. The number of benzene rings is 1. The van der Waals surface area contributed by atoms with Crippen LogP contribution in [0.1, 0.15) is 24.2 Å². The van der Waals surface area contributed by atoms with Gasteiger partial charge in [-0.05, 0) is 25.1 Å². The number of phenols is 1. The molecule has 5 heteroatoms. The monoisotopic (exact) mass is 223 g/mol. The minimum absolute atomic E-state index is 0.0582. The molecule has 0 saturated heterocycles. The van der Waals surface area contributed by atoms with Gasteiger partial charge in [-0.15, -0.1) is 0 Å². The molecule has 0 spiro atoms. The minimum Gasteiger partial charge on any atom is -0.508 e. The van der Waals surface area contributed by atoms with Crippen molar-refractivity contribution in [1.29, 1.82) is 0 Å². The third kappa shape index (κ3) is 2.98. The van der Waals surface area contributed by atoms with Crippen molar-refractivity contribution in [2.75, 3.05) is 6.54 Å². The zero-order chi connectivity index (χ0) is 12.1. The van der Waals surface area contributed by atoms with E-state index in [9.17, 15) is 14.7 Å². The van der Waals surface area contributed by atoms with Gasteiger partial charge in [-0.3, -0.25) is 9.59 Å². The largest absolute Gasteiger partial charge is 0.508 e. The van der Waals surface area contributed by atoms with Crippen LogP contribution < -0.4 is 10.1 Å². The van der Waals surface area contributed by atoms with Crippen LogP contribution in [0.2, 0.25) is 0 Å². The zero-order valence-corrected chi connectivity index (χ0v) is 9.11. The Kier molecular flexibility index (Phi) is 3.88. The van der Waals surface area contributed by atoms with Gasteiger partial charge in [0.2, 0.25) is 0 Å². The molecular weight excluding hydrogens is 210 g/mol. The number of hydrogen-bond acceptors (Lipinski definition) is 4. The molecule has 86 valence electrons. The summed E-state index contributed by atoms with van der Waals surface area (Å²) in [6, 6.07) is 3.98. The van der Waals surface area contributed by atoms with Crippen molar-refractivity contribution < 1.29 is 19.4 Å². The van der Waals surface area contributed by atoms with Gasteiger partial charge in [0.05, 0.1) is 5.56 Å². The van der Waals surface area contributed by atoms with Crippen LogP contribution in [0.3, 0.4) is 0 Å². The predicted octanol–water partition coefficient (Wildman–Crippen LogP) is 1.07. The van der Waals surface area contributed by atoms with E-state index in [0.29, 0.717) is 6.54 Å². The molecule has 0 atom stereocenters. The first-order valence-electron chi connectivity index (χ1n) is 4.84. The van der Waals surface area contributed by atoms with E-state index in [2.05, 4.69) is 5.32 Å². The second-order valence-electron chi connectivity index (χ2n) is 3.13. The van der Waals surface area contributed by atoms with Crippen molar-refractivity contribution in [2.24, 2.45) is 0 Å². The van der Waals surface area contributed by atoms with Gasteiger partial charge in [-0.2, -0.15) is 0 Å². The Bertz CT molecular complexity index is 414. The molecule has 1 rings (SSSR count). The van der Waals surface area contributed by atoms with E-state index < -0.39 is 11.9 Å². The van der Waals surface area contributed by atoms with Crippen LogP contribution in [-0.4, -0.2) is 23.5 Å². The van der Waals surface area contributed by atoms with Crippen molar-refractivity contribution >= 4 is 11.9 Å². The van der Waals surface area contributed by atoms with Gasteiger partial charge in [0.1, 0.15) is 11.5 Å². The molecule has 0 heterocycles. The van der Waals surface area contributed by atoms with Crippen molar-refractivity contribution in [3.63, 3.8) is 0 Å². The fraction of sp³-hybridized carbons (Fsp3) is 0.273. The Morgan fingerprint density at radius 2 is 2.12 bits per heavy atom. The number of amides is 1. The van der Waals surface area contributed by atoms with Crippen molar-refractivity contribution in [2.45, 2.75) is 13.8 Å².